The van der Waals surface area contributed by atoms with Crippen LogP contribution in [0, 0.1) is 0 Å². The van der Waals surface area contributed by atoms with E-state index in [0.717, 1.165) is 18.2 Å². The molecular formula is C36H36O19. The van der Waals surface area contributed by atoms with Crippen LogP contribution in [0.25, 0.3) is 28.4 Å². The number of carbonyl (C=O) groups excluding carboxylic acids is 1. The molecule has 19 nitrogen and oxygen atoms in total. The lowest BCUT2D eigenvalue weighted by Crippen LogP contribution is -2.65. The monoisotopic (exact) mass is 772 g/mol. The average Bonchev–Trinajstić information content (AvgIpc) is 3.15. The molecule has 2 aliphatic heterocycles. The number of fused-ring (bicyclic) bond motifs is 1. The van der Waals surface area contributed by atoms with Gasteiger partial charge >= 0.3 is 5.97 Å². The predicted octanol–water partition coefficient (Wildman–Crippen LogP) is -0.745. The smallest absolute Gasteiger partial charge is 0.330 e. The molecule has 0 saturated carbocycles. The first kappa shape index (κ1) is 39.2. The van der Waals surface area contributed by atoms with Gasteiger partial charge in [0.2, 0.25) is 17.5 Å². The minimum Gasteiger partial charge on any atom is -0.508 e. The van der Waals surface area contributed by atoms with Crippen LogP contribution in [0.3, 0.4) is 0 Å². The number of hydrogen-bond donors (Lipinski definition) is 11. The molecule has 11 N–H and O–H groups in total. The maximum Gasteiger partial charge on any atom is 0.330 e. The first-order chi connectivity index (χ1) is 26.2. The molecule has 294 valence electrons. The summed E-state index contributed by atoms with van der Waals surface area (Å²) >= 11 is 0. The quantitative estimate of drug-likeness (QED) is 0.0537. The Kier molecular flexibility index (Phi) is 11.5. The summed E-state index contributed by atoms with van der Waals surface area (Å²) in [6.45, 7) is -1.61. The van der Waals surface area contributed by atoms with Crippen molar-refractivity contribution in [2.24, 2.45) is 0 Å². The maximum absolute atomic E-state index is 13.8. The van der Waals surface area contributed by atoms with Crippen molar-refractivity contribution in [3.8, 4) is 45.8 Å². The molecule has 19 heteroatoms. The molecule has 0 spiro atoms. The number of hydrogen-bond acceptors (Lipinski definition) is 19. The van der Waals surface area contributed by atoms with Crippen LogP contribution in [0.5, 0.6) is 34.5 Å². The maximum atomic E-state index is 13.8. The van der Waals surface area contributed by atoms with E-state index >= 15 is 0 Å². The van der Waals surface area contributed by atoms with Gasteiger partial charge in [0.1, 0.15) is 83.7 Å². The predicted molar refractivity (Wildman–Crippen MR) is 183 cm³/mol. The Balaban J connectivity index is 1.23. The second kappa shape index (κ2) is 16.1. The van der Waals surface area contributed by atoms with Crippen molar-refractivity contribution in [3.05, 3.63) is 76.5 Å². The van der Waals surface area contributed by atoms with E-state index in [1.165, 1.54) is 48.5 Å². The Morgan fingerprint density at radius 3 is 2.13 bits per heavy atom. The van der Waals surface area contributed by atoms with E-state index in [1.54, 1.807) is 0 Å². The van der Waals surface area contributed by atoms with E-state index in [2.05, 4.69) is 0 Å². The number of ether oxygens (including phenoxy) is 5. The zero-order valence-electron chi connectivity index (χ0n) is 28.2. The molecule has 10 atom stereocenters. The van der Waals surface area contributed by atoms with E-state index < -0.39 is 114 Å². The molecule has 3 aromatic carbocycles. The topological polar surface area (TPSA) is 316 Å². The first-order valence-electron chi connectivity index (χ1n) is 16.5. The summed E-state index contributed by atoms with van der Waals surface area (Å²) < 4.78 is 33.6. The zero-order valence-corrected chi connectivity index (χ0v) is 28.2. The fraction of sp³-hybridized carbons (Fsp3) is 0.333. The molecule has 0 radical (unpaired) electrons. The molecule has 0 amide bonds. The highest BCUT2D eigenvalue weighted by molar-refractivity contribution is 5.88. The number of benzene rings is 3. The van der Waals surface area contributed by atoms with Crippen molar-refractivity contribution >= 4 is 23.0 Å². The number of esters is 1. The number of aromatic hydroxyl groups is 5. The first-order valence-corrected chi connectivity index (χ1v) is 16.5. The SMILES string of the molecule is O=C(C=Cc1ccc(O)c(O)c1)OCC1OC(OC2C(O)C(CO)OC(Oc3c(-c4ccc(O)cc4)oc4cc(O)cc(O)c4c3=O)C2O)C(O)C(O)C1O. The fourth-order valence-electron chi connectivity index (χ4n) is 5.95. The van der Waals surface area contributed by atoms with Crippen LogP contribution in [0.1, 0.15) is 5.56 Å². The van der Waals surface area contributed by atoms with Crippen molar-refractivity contribution in [2.75, 3.05) is 13.2 Å². The lowest BCUT2D eigenvalue weighted by atomic mass is 9.97. The molecule has 0 aliphatic carbocycles. The van der Waals surface area contributed by atoms with Crippen LogP contribution < -0.4 is 10.2 Å². The average molecular weight is 773 g/mol. The molecule has 4 aromatic rings. The fourth-order valence-corrected chi connectivity index (χ4v) is 5.95. The third kappa shape index (κ3) is 8.15. The molecule has 3 heterocycles. The van der Waals surface area contributed by atoms with Gasteiger partial charge < -0.3 is 84.3 Å². The van der Waals surface area contributed by atoms with E-state index in [1.807, 2.05) is 0 Å². The number of aliphatic hydroxyl groups excluding tert-OH is 6. The molecular weight excluding hydrogens is 736 g/mol. The Morgan fingerprint density at radius 2 is 1.44 bits per heavy atom. The van der Waals surface area contributed by atoms with Gasteiger partial charge in [-0.25, -0.2) is 4.79 Å². The van der Waals surface area contributed by atoms with E-state index in [0.29, 0.717) is 5.56 Å². The van der Waals surface area contributed by atoms with Crippen LogP contribution in [0.15, 0.2) is 69.9 Å². The van der Waals surface area contributed by atoms with Gasteiger partial charge in [-0.15, -0.1) is 0 Å². The minimum atomic E-state index is -2.07. The molecule has 1 aromatic heterocycles. The Bertz CT molecular complexity index is 2100. The number of aliphatic hydroxyl groups is 6. The van der Waals surface area contributed by atoms with Crippen LogP contribution in [0.4, 0.5) is 0 Å². The molecule has 0 bridgehead atoms. The lowest BCUT2D eigenvalue weighted by Gasteiger charge is -2.45. The van der Waals surface area contributed by atoms with Gasteiger partial charge in [-0.3, -0.25) is 4.79 Å². The van der Waals surface area contributed by atoms with Crippen molar-refractivity contribution in [2.45, 2.75) is 61.4 Å². The molecule has 2 fully saturated rings. The largest absolute Gasteiger partial charge is 0.508 e. The van der Waals surface area contributed by atoms with Gasteiger partial charge in [-0.05, 0) is 48.0 Å². The highest BCUT2D eigenvalue weighted by Gasteiger charge is 2.52. The number of phenolic OH excluding ortho intramolecular Hbond substituents is 5. The van der Waals surface area contributed by atoms with Gasteiger partial charge in [0, 0.05) is 23.8 Å². The van der Waals surface area contributed by atoms with Gasteiger partial charge in [0.25, 0.3) is 0 Å². The molecule has 2 saturated heterocycles. The van der Waals surface area contributed by atoms with Crippen LogP contribution in [-0.4, -0.2) is 137 Å². The van der Waals surface area contributed by atoms with Crippen molar-refractivity contribution in [1.82, 2.24) is 0 Å². The van der Waals surface area contributed by atoms with Crippen LogP contribution >= 0.6 is 0 Å². The van der Waals surface area contributed by atoms with E-state index in [-0.39, 0.29) is 28.4 Å². The lowest BCUT2D eigenvalue weighted by molar-refractivity contribution is -0.353. The summed E-state index contributed by atoms with van der Waals surface area (Å²) in [6, 6.07) is 10.9. The van der Waals surface area contributed by atoms with Crippen molar-refractivity contribution < 1.29 is 89.1 Å². The number of carbonyl (C=O) groups is 1. The van der Waals surface area contributed by atoms with Gasteiger partial charge in [-0.1, -0.05) is 6.07 Å². The summed E-state index contributed by atoms with van der Waals surface area (Å²) in [7, 11) is 0. The second-order valence-corrected chi connectivity index (χ2v) is 12.6. The summed E-state index contributed by atoms with van der Waals surface area (Å²) in [5.41, 5.74) is -0.828. The number of rotatable bonds is 10. The highest BCUT2D eigenvalue weighted by Crippen LogP contribution is 2.38. The Hall–Kier alpha value is -5.48. The van der Waals surface area contributed by atoms with Gasteiger partial charge in [0.15, 0.2) is 23.5 Å². The van der Waals surface area contributed by atoms with Crippen molar-refractivity contribution in [3.63, 3.8) is 0 Å². The molecule has 10 unspecified atom stereocenters. The summed E-state index contributed by atoms with van der Waals surface area (Å²) in [5, 5.41) is 113. The van der Waals surface area contributed by atoms with Gasteiger partial charge in [0.05, 0.1) is 6.61 Å². The van der Waals surface area contributed by atoms with Crippen molar-refractivity contribution in [1.29, 1.82) is 0 Å². The third-order valence-corrected chi connectivity index (χ3v) is 8.86. The molecule has 2 aliphatic rings. The Labute approximate surface area is 308 Å². The third-order valence-electron chi connectivity index (χ3n) is 8.86. The van der Waals surface area contributed by atoms with Gasteiger partial charge in [-0.2, -0.15) is 0 Å². The molecule has 55 heavy (non-hydrogen) atoms. The standard InChI is InChI=1S/C36H36O19/c37-12-22-27(45)33(54-35-30(48)29(47)26(44)23(53-35)13-50-24(43)8-2-14-1-7-18(40)19(41)9-14)31(49)36(52-22)55-34-28(46)25-20(42)10-17(39)11-21(25)51-32(34)15-3-5-16(38)6-4-15/h1-11,22-23,26-27,29-31,33,35-42,44-45,47-49H,12-13H2. The second-order valence-electron chi connectivity index (χ2n) is 12.6. The van der Waals surface area contributed by atoms with E-state index in [9.17, 15) is 65.8 Å². The highest BCUT2D eigenvalue weighted by atomic mass is 16.7. The molecule has 6 rings (SSSR count). The number of phenols is 5. The zero-order chi connectivity index (χ0) is 39.7. The summed E-state index contributed by atoms with van der Waals surface area (Å²) in [6.07, 6.45) is -16.5. The summed E-state index contributed by atoms with van der Waals surface area (Å²) in [4.78, 5) is 26.2. The van der Waals surface area contributed by atoms with Crippen LogP contribution in [0.2, 0.25) is 0 Å². The van der Waals surface area contributed by atoms with E-state index in [4.69, 9.17) is 28.1 Å². The normalized spacial score (nSPS) is 28.3. The summed E-state index contributed by atoms with van der Waals surface area (Å²) in [5.74, 6) is -4.05. The Morgan fingerprint density at radius 1 is 0.727 bits per heavy atom. The van der Waals surface area contributed by atoms with Crippen LogP contribution in [-0.2, 0) is 23.7 Å². The minimum absolute atomic E-state index is 0.139.